The van der Waals surface area contributed by atoms with Crippen molar-refractivity contribution in [3.05, 3.63) is 28.2 Å². The molecular formula is C10H15N5S. The van der Waals surface area contributed by atoms with E-state index < -0.39 is 0 Å². The van der Waals surface area contributed by atoms with Crippen LogP contribution in [0.4, 0.5) is 0 Å². The fourth-order valence-electron chi connectivity index (χ4n) is 1.39. The van der Waals surface area contributed by atoms with E-state index in [2.05, 4.69) is 32.7 Å². The predicted octanol–water partition coefficient (Wildman–Crippen LogP) is 1.43. The maximum absolute atomic E-state index is 4.44. The van der Waals surface area contributed by atoms with Gasteiger partial charge in [0.1, 0.15) is 6.33 Å². The van der Waals surface area contributed by atoms with Crippen molar-refractivity contribution in [1.29, 1.82) is 0 Å². The van der Waals surface area contributed by atoms with E-state index >= 15 is 0 Å². The summed E-state index contributed by atoms with van der Waals surface area (Å²) in [4.78, 5) is 8.60. The molecule has 2 rings (SSSR count). The zero-order chi connectivity index (χ0) is 11.5. The number of hydrogen-bond acceptors (Lipinski definition) is 5. The number of nitrogens with one attached hydrogen (secondary N) is 1. The van der Waals surface area contributed by atoms with Crippen LogP contribution in [0.2, 0.25) is 0 Å². The molecule has 1 unspecified atom stereocenters. The van der Waals surface area contributed by atoms with Crippen molar-refractivity contribution in [3.63, 3.8) is 0 Å². The summed E-state index contributed by atoms with van der Waals surface area (Å²) < 4.78 is 1.70. The van der Waals surface area contributed by atoms with E-state index in [9.17, 15) is 0 Å². The van der Waals surface area contributed by atoms with Gasteiger partial charge in [-0.25, -0.2) is 9.97 Å². The number of rotatable bonds is 4. The molecule has 1 atom stereocenters. The van der Waals surface area contributed by atoms with Crippen LogP contribution < -0.4 is 5.32 Å². The van der Waals surface area contributed by atoms with Crippen LogP contribution in [0.15, 0.2) is 11.7 Å². The van der Waals surface area contributed by atoms with Gasteiger partial charge in [0.15, 0.2) is 5.82 Å². The van der Waals surface area contributed by atoms with Gasteiger partial charge in [-0.05, 0) is 13.8 Å². The number of thiazole rings is 1. The molecule has 2 heterocycles. The number of hydrogen-bond donors (Lipinski definition) is 1. The molecule has 0 amide bonds. The molecule has 0 saturated heterocycles. The molecular weight excluding hydrogens is 222 g/mol. The Morgan fingerprint density at radius 2 is 2.38 bits per heavy atom. The lowest BCUT2D eigenvalue weighted by Gasteiger charge is -2.09. The van der Waals surface area contributed by atoms with Crippen LogP contribution in [0.1, 0.15) is 29.5 Å². The van der Waals surface area contributed by atoms with Crippen LogP contribution in [-0.4, -0.2) is 19.7 Å². The smallest absolute Gasteiger partial charge is 0.164 e. The molecule has 0 aliphatic heterocycles. The molecule has 86 valence electrons. The minimum Gasteiger partial charge on any atom is -0.302 e. The summed E-state index contributed by atoms with van der Waals surface area (Å²) in [5.41, 5.74) is 1.08. The monoisotopic (exact) mass is 237 g/mol. The van der Waals surface area contributed by atoms with Gasteiger partial charge >= 0.3 is 0 Å². The lowest BCUT2D eigenvalue weighted by molar-refractivity contribution is 0.546. The molecule has 0 radical (unpaired) electrons. The van der Waals surface area contributed by atoms with Crippen molar-refractivity contribution in [2.45, 2.75) is 26.4 Å². The van der Waals surface area contributed by atoms with Crippen LogP contribution in [0, 0.1) is 6.92 Å². The van der Waals surface area contributed by atoms with Crippen molar-refractivity contribution in [2.75, 3.05) is 0 Å². The molecule has 0 bridgehead atoms. The summed E-state index contributed by atoms with van der Waals surface area (Å²) in [6.07, 6.45) is 1.70. The van der Waals surface area contributed by atoms with Gasteiger partial charge in [-0.3, -0.25) is 4.68 Å². The standard InChI is InChI=1S/C10H15N5S/c1-7(9-5-16-8(2)13-9)11-4-10-12-6-15(3)14-10/h5-7,11H,4H2,1-3H3. The van der Waals surface area contributed by atoms with E-state index in [-0.39, 0.29) is 6.04 Å². The molecule has 0 aliphatic carbocycles. The van der Waals surface area contributed by atoms with E-state index in [0.29, 0.717) is 6.54 Å². The summed E-state index contributed by atoms with van der Waals surface area (Å²) in [6.45, 7) is 4.78. The molecule has 0 saturated carbocycles. The third kappa shape index (κ3) is 2.65. The van der Waals surface area contributed by atoms with Crippen molar-refractivity contribution in [3.8, 4) is 0 Å². The zero-order valence-corrected chi connectivity index (χ0v) is 10.5. The van der Waals surface area contributed by atoms with Crippen LogP contribution in [0.25, 0.3) is 0 Å². The summed E-state index contributed by atoms with van der Waals surface area (Å²) >= 11 is 1.67. The highest BCUT2D eigenvalue weighted by molar-refractivity contribution is 7.09. The Morgan fingerprint density at radius 1 is 1.56 bits per heavy atom. The normalized spacial score (nSPS) is 12.9. The Hall–Kier alpha value is -1.27. The van der Waals surface area contributed by atoms with Crippen LogP contribution >= 0.6 is 11.3 Å². The first-order valence-corrected chi connectivity index (χ1v) is 6.03. The van der Waals surface area contributed by atoms with Crippen LogP contribution in [-0.2, 0) is 13.6 Å². The maximum Gasteiger partial charge on any atom is 0.164 e. The van der Waals surface area contributed by atoms with Gasteiger partial charge in [0.2, 0.25) is 0 Å². The fraction of sp³-hybridized carbons (Fsp3) is 0.500. The average Bonchev–Trinajstić information content (AvgIpc) is 2.84. The second-order valence-electron chi connectivity index (χ2n) is 3.73. The second-order valence-corrected chi connectivity index (χ2v) is 4.79. The molecule has 0 aromatic carbocycles. The average molecular weight is 237 g/mol. The summed E-state index contributed by atoms with van der Waals surface area (Å²) in [5.74, 6) is 0.807. The first-order valence-electron chi connectivity index (χ1n) is 5.15. The van der Waals surface area contributed by atoms with E-state index in [1.165, 1.54) is 0 Å². The molecule has 16 heavy (non-hydrogen) atoms. The minimum atomic E-state index is 0.230. The van der Waals surface area contributed by atoms with Crippen LogP contribution in [0.5, 0.6) is 0 Å². The molecule has 6 heteroatoms. The van der Waals surface area contributed by atoms with E-state index in [0.717, 1.165) is 16.5 Å². The number of aryl methyl sites for hydroxylation is 2. The highest BCUT2D eigenvalue weighted by atomic mass is 32.1. The van der Waals surface area contributed by atoms with Crippen molar-refractivity contribution >= 4 is 11.3 Å². The van der Waals surface area contributed by atoms with Crippen molar-refractivity contribution in [1.82, 2.24) is 25.1 Å². The van der Waals surface area contributed by atoms with Crippen molar-refractivity contribution < 1.29 is 0 Å². The zero-order valence-electron chi connectivity index (χ0n) is 9.64. The highest BCUT2D eigenvalue weighted by Gasteiger charge is 2.09. The quantitative estimate of drug-likeness (QED) is 0.874. The fourth-order valence-corrected chi connectivity index (χ4v) is 2.10. The summed E-state index contributed by atoms with van der Waals surface area (Å²) in [6, 6.07) is 0.230. The Bertz CT molecular complexity index is 461. The third-order valence-electron chi connectivity index (χ3n) is 2.29. The first-order chi connectivity index (χ1) is 7.65. The number of aromatic nitrogens is 4. The van der Waals surface area contributed by atoms with E-state index in [1.807, 2.05) is 14.0 Å². The molecule has 1 N–H and O–H groups in total. The molecule has 5 nitrogen and oxygen atoms in total. The first kappa shape index (κ1) is 11.2. The number of nitrogens with zero attached hydrogens (tertiary/aromatic N) is 4. The molecule has 0 aliphatic rings. The van der Waals surface area contributed by atoms with E-state index in [1.54, 1.807) is 22.3 Å². The van der Waals surface area contributed by atoms with E-state index in [4.69, 9.17) is 0 Å². The van der Waals surface area contributed by atoms with Crippen molar-refractivity contribution in [2.24, 2.45) is 7.05 Å². The summed E-state index contributed by atoms with van der Waals surface area (Å²) in [5, 5.41) is 10.7. The minimum absolute atomic E-state index is 0.230. The van der Waals surface area contributed by atoms with Gasteiger partial charge in [-0.2, -0.15) is 5.10 Å². The Kier molecular flexibility index (Phi) is 3.31. The maximum atomic E-state index is 4.44. The van der Waals surface area contributed by atoms with Gasteiger partial charge in [-0.15, -0.1) is 11.3 Å². The Balaban J connectivity index is 1.91. The topological polar surface area (TPSA) is 55.6 Å². The molecule has 2 aromatic rings. The molecule has 0 fully saturated rings. The second kappa shape index (κ2) is 4.71. The van der Waals surface area contributed by atoms with Gasteiger partial charge in [0, 0.05) is 18.5 Å². The SMILES string of the molecule is Cc1nc(C(C)NCc2ncn(C)n2)cs1. The van der Waals surface area contributed by atoms with Crippen LogP contribution in [0.3, 0.4) is 0 Å². The molecule has 0 spiro atoms. The predicted molar refractivity (Wildman–Crippen MR) is 63.1 cm³/mol. The van der Waals surface area contributed by atoms with Gasteiger partial charge in [0.05, 0.1) is 17.2 Å². The largest absolute Gasteiger partial charge is 0.302 e. The highest BCUT2D eigenvalue weighted by Crippen LogP contribution is 2.15. The van der Waals surface area contributed by atoms with Gasteiger partial charge in [0.25, 0.3) is 0 Å². The Labute approximate surface area is 98.5 Å². The van der Waals surface area contributed by atoms with Gasteiger partial charge < -0.3 is 5.32 Å². The third-order valence-corrected chi connectivity index (χ3v) is 3.09. The summed E-state index contributed by atoms with van der Waals surface area (Å²) in [7, 11) is 1.86. The lowest BCUT2D eigenvalue weighted by Crippen LogP contribution is -2.19. The molecule has 2 aromatic heterocycles. The van der Waals surface area contributed by atoms with Gasteiger partial charge in [-0.1, -0.05) is 0 Å². The Morgan fingerprint density at radius 3 is 2.94 bits per heavy atom. The lowest BCUT2D eigenvalue weighted by atomic mass is 10.2.